The molecule has 1 N–H and O–H groups in total. The molecule has 0 spiro atoms. The van der Waals surface area contributed by atoms with Crippen molar-refractivity contribution in [2.75, 3.05) is 26.2 Å². The Kier molecular flexibility index (Phi) is 5.50. The van der Waals surface area contributed by atoms with E-state index >= 15 is 0 Å². The second-order valence-electron chi connectivity index (χ2n) is 6.75. The molecule has 2 aliphatic rings. The molecule has 1 saturated heterocycles. The molecule has 0 saturated carbocycles. The molecular formula is C21H22ClN3O3. The molecule has 28 heavy (non-hydrogen) atoms. The summed E-state index contributed by atoms with van der Waals surface area (Å²) in [4.78, 5) is 19.0. The second kappa shape index (κ2) is 8.20. The van der Waals surface area contributed by atoms with Crippen LogP contribution in [0.25, 0.3) is 0 Å². The zero-order chi connectivity index (χ0) is 19.5. The van der Waals surface area contributed by atoms with E-state index < -0.39 is 0 Å². The largest absolute Gasteiger partial charge is 0.466 e. The fourth-order valence-corrected chi connectivity index (χ4v) is 3.68. The first-order valence-corrected chi connectivity index (χ1v) is 9.81. The number of nitrogens with zero attached hydrogens (tertiary/aromatic N) is 2. The van der Waals surface area contributed by atoms with Crippen molar-refractivity contribution >= 4 is 29.1 Å². The zero-order valence-electron chi connectivity index (χ0n) is 15.7. The van der Waals surface area contributed by atoms with Gasteiger partial charge in [0.05, 0.1) is 18.6 Å². The van der Waals surface area contributed by atoms with Crippen molar-refractivity contribution in [3.8, 4) is 11.5 Å². The maximum absolute atomic E-state index is 11.9. The lowest BCUT2D eigenvalue weighted by molar-refractivity contribution is -0.143. The van der Waals surface area contributed by atoms with Gasteiger partial charge in [0.1, 0.15) is 17.3 Å². The maximum Gasteiger partial charge on any atom is 0.307 e. The molecule has 0 aliphatic carbocycles. The van der Waals surface area contributed by atoms with Gasteiger partial charge in [-0.25, -0.2) is 4.99 Å². The molecule has 0 bridgehead atoms. The molecule has 0 amide bonds. The number of carbonyl (C=O) groups is 1. The summed E-state index contributed by atoms with van der Waals surface area (Å²) in [7, 11) is 0. The summed E-state index contributed by atoms with van der Waals surface area (Å²) in [5.74, 6) is 2.06. The molecule has 2 aromatic rings. The van der Waals surface area contributed by atoms with Crippen molar-refractivity contribution in [1.29, 1.82) is 0 Å². The Bertz CT molecular complexity index is 916. The molecule has 1 atom stereocenters. The number of hydrogen-bond donors (Lipinski definition) is 1. The van der Waals surface area contributed by atoms with Gasteiger partial charge in [-0.1, -0.05) is 23.7 Å². The van der Waals surface area contributed by atoms with E-state index in [1.165, 1.54) is 0 Å². The number of halogens is 1. The number of rotatable bonds is 3. The first-order valence-electron chi connectivity index (χ1n) is 9.43. The van der Waals surface area contributed by atoms with Crippen LogP contribution in [0.15, 0.2) is 47.5 Å². The fraction of sp³-hybridized carbons (Fsp3) is 0.333. The fourth-order valence-electron chi connectivity index (χ4n) is 3.51. The van der Waals surface area contributed by atoms with Crippen LogP contribution in [0.5, 0.6) is 11.5 Å². The molecule has 1 unspecified atom stereocenters. The van der Waals surface area contributed by atoms with Gasteiger partial charge in [-0.15, -0.1) is 0 Å². The Morgan fingerprint density at radius 2 is 2.18 bits per heavy atom. The third kappa shape index (κ3) is 3.98. The van der Waals surface area contributed by atoms with E-state index in [4.69, 9.17) is 26.1 Å². The average molecular weight is 400 g/mol. The van der Waals surface area contributed by atoms with Crippen molar-refractivity contribution in [3.63, 3.8) is 0 Å². The number of para-hydroxylation sites is 1. The molecule has 2 heterocycles. The van der Waals surface area contributed by atoms with Crippen molar-refractivity contribution in [2.45, 2.75) is 19.4 Å². The number of aliphatic imine (C=N–C) groups is 1. The van der Waals surface area contributed by atoms with Gasteiger partial charge < -0.3 is 19.7 Å². The lowest BCUT2D eigenvalue weighted by Gasteiger charge is -2.35. The van der Waals surface area contributed by atoms with Gasteiger partial charge in [-0.3, -0.25) is 4.79 Å². The van der Waals surface area contributed by atoms with E-state index in [2.05, 4.69) is 10.2 Å². The minimum atomic E-state index is -0.189. The summed E-state index contributed by atoms with van der Waals surface area (Å²) in [5.41, 5.74) is 1.62. The first kappa shape index (κ1) is 18.8. The summed E-state index contributed by atoms with van der Waals surface area (Å²) in [5, 5.41) is 4.00. The maximum atomic E-state index is 11.9. The van der Waals surface area contributed by atoms with Crippen LogP contribution in [0, 0.1) is 0 Å². The van der Waals surface area contributed by atoms with Crippen LogP contribution in [-0.4, -0.2) is 49.0 Å². The van der Waals surface area contributed by atoms with Gasteiger partial charge in [0, 0.05) is 30.7 Å². The third-order valence-corrected chi connectivity index (χ3v) is 5.00. The van der Waals surface area contributed by atoms with Gasteiger partial charge >= 0.3 is 5.97 Å². The minimum absolute atomic E-state index is 0.00525. The van der Waals surface area contributed by atoms with E-state index in [1.807, 2.05) is 37.3 Å². The van der Waals surface area contributed by atoms with Crippen LogP contribution in [0.3, 0.4) is 0 Å². The van der Waals surface area contributed by atoms with Crippen LogP contribution in [0.1, 0.15) is 18.9 Å². The standard InChI is InChI=1S/C21H22ClN3O3/c1-2-27-20(26)12-15-13-25(10-9-23-15)21-16-5-3-4-6-18(16)28-19-8-7-14(22)11-17(19)24-21/h3-8,11,15,23H,2,9-10,12-13H2,1H3. The molecule has 0 aromatic heterocycles. The molecule has 2 aromatic carbocycles. The number of esters is 1. The number of carbonyl (C=O) groups excluding carboxylic acids is 1. The van der Waals surface area contributed by atoms with E-state index in [0.29, 0.717) is 36.0 Å². The number of ether oxygens (including phenoxy) is 2. The Morgan fingerprint density at radius 1 is 1.32 bits per heavy atom. The molecule has 146 valence electrons. The highest BCUT2D eigenvalue weighted by atomic mass is 35.5. The summed E-state index contributed by atoms with van der Waals surface area (Å²) < 4.78 is 11.2. The van der Waals surface area contributed by atoms with Crippen LogP contribution < -0.4 is 10.1 Å². The number of piperazine rings is 1. The molecule has 0 radical (unpaired) electrons. The van der Waals surface area contributed by atoms with Gasteiger partial charge in [0.2, 0.25) is 0 Å². The van der Waals surface area contributed by atoms with E-state index in [0.717, 1.165) is 30.2 Å². The van der Waals surface area contributed by atoms with Crippen LogP contribution in [0.4, 0.5) is 5.69 Å². The quantitative estimate of drug-likeness (QED) is 0.796. The molecule has 1 fully saturated rings. The SMILES string of the molecule is CCOC(=O)CC1CN(C2=Nc3cc(Cl)ccc3Oc3ccccc32)CCN1. The summed E-state index contributed by atoms with van der Waals surface area (Å²) in [6.45, 7) is 4.40. The number of fused-ring (bicyclic) bond motifs is 2. The highest BCUT2D eigenvalue weighted by molar-refractivity contribution is 6.31. The Balaban J connectivity index is 1.67. The number of amidine groups is 1. The summed E-state index contributed by atoms with van der Waals surface area (Å²) in [6, 6.07) is 13.3. The Morgan fingerprint density at radius 3 is 3.04 bits per heavy atom. The smallest absolute Gasteiger partial charge is 0.307 e. The van der Waals surface area contributed by atoms with Crippen LogP contribution in [-0.2, 0) is 9.53 Å². The topological polar surface area (TPSA) is 63.2 Å². The van der Waals surface area contributed by atoms with Crippen molar-refractivity contribution in [1.82, 2.24) is 10.2 Å². The third-order valence-electron chi connectivity index (χ3n) is 4.77. The minimum Gasteiger partial charge on any atom is -0.466 e. The second-order valence-corrected chi connectivity index (χ2v) is 7.19. The predicted octanol–water partition coefficient (Wildman–Crippen LogP) is 3.75. The van der Waals surface area contributed by atoms with E-state index in [9.17, 15) is 4.79 Å². The van der Waals surface area contributed by atoms with Crippen molar-refractivity contribution < 1.29 is 14.3 Å². The van der Waals surface area contributed by atoms with Crippen molar-refractivity contribution in [3.05, 3.63) is 53.1 Å². The van der Waals surface area contributed by atoms with Crippen LogP contribution in [0.2, 0.25) is 5.02 Å². The van der Waals surface area contributed by atoms with E-state index in [-0.39, 0.29) is 12.0 Å². The predicted molar refractivity (Wildman–Crippen MR) is 109 cm³/mol. The summed E-state index contributed by atoms with van der Waals surface area (Å²) in [6.07, 6.45) is 0.332. The zero-order valence-corrected chi connectivity index (χ0v) is 16.4. The number of benzene rings is 2. The van der Waals surface area contributed by atoms with E-state index in [1.54, 1.807) is 12.1 Å². The summed E-state index contributed by atoms with van der Waals surface area (Å²) >= 11 is 6.19. The van der Waals surface area contributed by atoms with Gasteiger partial charge in [0.15, 0.2) is 5.75 Å². The van der Waals surface area contributed by atoms with Gasteiger partial charge in [-0.2, -0.15) is 0 Å². The first-order chi connectivity index (χ1) is 13.6. The molecule has 2 aliphatic heterocycles. The molecule has 4 rings (SSSR count). The Hall–Kier alpha value is -2.57. The average Bonchev–Trinajstić information content (AvgIpc) is 2.85. The monoisotopic (exact) mass is 399 g/mol. The van der Waals surface area contributed by atoms with Gasteiger partial charge in [0.25, 0.3) is 0 Å². The molecule has 6 nitrogen and oxygen atoms in total. The normalized spacial score (nSPS) is 18.3. The van der Waals surface area contributed by atoms with Crippen LogP contribution >= 0.6 is 11.6 Å². The van der Waals surface area contributed by atoms with Gasteiger partial charge in [-0.05, 0) is 37.3 Å². The lowest BCUT2D eigenvalue weighted by atomic mass is 10.1. The highest BCUT2D eigenvalue weighted by Gasteiger charge is 2.28. The molecular weight excluding hydrogens is 378 g/mol. The molecule has 7 heteroatoms. The lowest BCUT2D eigenvalue weighted by Crippen LogP contribution is -2.53. The highest BCUT2D eigenvalue weighted by Crippen LogP contribution is 2.39. The number of hydrogen-bond acceptors (Lipinski definition) is 6. The number of nitrogens with one attached hydrogen (secondary N) is 1. The van der Waals surface area contributed by atoms with Crippen molar-refractivity contribution in [2.24, 2.45) is 4.99 Å². The Labute approximate surface area is 169 Å².